The zero-order chi connectivity index (χ0) is 17.6. The van der Waals surface area contributed by atoms with Gasteiger partial charge in [0.15, 0.2) is 11.2 Å². The highest BCUT2D eigenvalue weighted by atomic mass is 32.1. The Morgan fingerprint density at radius 3 is 2.68 bits per heavy atom. The first-order chi connectivity index (χ1) is 12.0. The first-order valence-corrected chi connectivity index (χ1v) is 8.48. The number of hydrogen-bond donors (Lipinski definition) is 2. The van der Waals surface area contributed by atoms with Crippen LogP contribution in [-0.4, -0.2) is 29.9 Å². The largest absolute Gasteiger partial charge is 0.399 e. The maximum atomic E-state index is 5.92. The fraction of sp³-hybridized carbons (Fsp3) is 0.188. The van der Waals surface area contributed by atoms with Crippen molar-refractivity contribution in [1.29, 1.82) is 0 Å². The number of rotatable bonds is 3. The van der Waals surface area contributed by atoms with Crippen molar-refractivity contribution in [2.24, 2.45) is 0 Å². The minimum absolute atomic E-state index is 0.170. The minimum Gasteiger partial charge on any atom is -0.399 e. The van der Waals surface area contributed by atoms with Crippen LogP contribution in [0.3, 0.4) is 0 Å². The molecule has 0 aliphatic carbocycles. The van der Waals surface area contributed by atoms with E-state index < -0.39 is 0 Å². The van der Waals surface area contributed by atoms with Gasteiger partial charge in [0.2, 0.25) is 5.95 Å². The van der Waals surface area contributed by atoms with Crippen LogP contribution >= 0.6 is 11.3 Å². The molecule has 0 unspecified atom stereocenters. The Bertz CT molecular complexity index is 1060. The van der Waals surface area contributed by atoms with Crippen molar-refractivity contribution < 1.29 is 0 Å². The third-order valence-corrected chi connectivity index (χ3v) is 4.97. The number of nitrogen functional groups attached to an aromatic ring is 2. The summed E-state index contributed by atoms with van der Waals surface area (Å²) in [5, 5.41) is 9.25. The van der Waals surface area contributed by atoms with Crippen LogP contribution < -0.4 is 11.5 Å². The molecular weight excluding hydrogens is 336 g/mol. The smallest absolute Gasteiger partial charge is 0.222 e. The molecule has 9 heteroatoms. The fourth-order valence-electron chi connectivity index (χ4n) is 2.57. The van der Waals surface area contributed by atoms with Gasteiger partial charge in [-0.3, -0.25) is 0 Å². The number of thiazole rings is 1. The van der Waals surface area contributed by atoms with E-state index >= 15 is 0 Å². The molecule has 0 saturated carbocycles. The molecule has 4 aromatic rings. The van der Waals surface area contributed by atoms with Crippen molar-refractivity contribution in [3.05, 3.63) is 40.4 Å². The second kappa shape index (κ2) is 5.78. The summed E-state index contributed by atoms with van der Waals surface area (Å²) < 4.78 is 1.69. The second-order valence-corrected chi connectivity index (χ2v) is 6.96. The van der Waals surface area contributed by atoms with E-state index in [9.17, 15) is 0 Å². The molecule has 3 aromatic heterocycles. The zero-order valence-corrected chi connectivity index (χ0v) is 14.6. The molecule has 0 saturated heterocycles. The number of benzene rings is 1. The molecule has 0 amide bonds. The summed E-state index contributed by atoms with van der Waals surface area (Å²) in [4.78, 5) is 14.3. The molecule has 0 atom stereocenters. The summed E-state index contributed by atoms with van der Waals surface area (Å²) in [6, 6.07) is 7.61. The molecule has 1 aromatic carbocycles. The van der Waals surface area contributed by atoms with Crippen LogP contribution in [0.25, 0.3) is 21.9 Å². The molecule has 0 aliphatic rings. The fourth-order valence-corrected chi connectivity index (χ4v) is 3.47. The molecule has 0 spiro atoms. The molecule has 0 bridgehead atoms. The lowest BCUT2D eigenvalue weighted by atomic mass is 10.2. The van der Waals surface area contributed by atoms with Gasteiger partial charge in [0.05, 0.1) is 12.2 Å². The summed E-state index contributed by atoms with van der Waals surface area (Å²) in [7, 11) is 0. The quantitative estimate of drug-likeness (QED) is 0.542. The van der Waals surface area contributed by atoms with Crippen LogP contribution in [-0.2, 0) is 6.54 Å². The van der Waals surface area contributed by atoms with Crippen molar-refractivity contribution >= 4 is 34.1 Å². The lowest BCUT2D eigenvalue weighted by Gasteiger charge is -2.04. The van der Waals surface area contributed by atoms with E-state index in [2.05, 4.69) is 25.3 Å². The number of nitrogens with two attached hydrogens (primary N) is 2. The van der Waals surface area contributed by atoms with Gasteiger partial charge in [-0.2, -0.15) is 4.98 Å². The molecule has 8 nitrogen and oxygen atoms in total. The Labute approximate surface area is 147 Å². The molecule has 4 N–H and O–H groups in total. The van der Waals surface area contributed by atoms with Crippen LogP contribution in [0.4, 0.5) is 11.6 Å². The van der Waals surface area contributed by atoms with Gasteiger partial charge in [-0.15, -0.1) is 16.4 Å². The zero-order valence-electron chi connectivity index (χ0n) is 13.8. The lowest BCUT2D eigenvalue weighted by Crippen LogP contribution is -2.05. The van der Waals surface area contributed by atoms with Crippen LogP contribution in [0.2, 0.25) is 0 Å². The van der Waals surface area contributed by atoms with Crippen LogP contribution in [0, 0.1) is 13.8 Å². The standard InChI is InChI=1S/C16H16N8S/c1-8-9(2)25-15(19-8)13-12-14(21-16(18)20-13)24(23-22-12)7-10-4-3-5-11(17)6-10/h3-6H,7,17H2,1-2H3,(H2,18,20,21). The predicted octanol–water partition coefficient (Wildman–Crippen LogP) is 2.17. The third-order valence-electron chi connectivity index (χ3n) is 3.89. The molecule has 0 aliphatic heterocycles. The first-order valence-electron chi connectivity index (χ1n) is 7.67. The normalized spacial score (nSPS) is 11.3. The van der Waals surface area contributed by atoms with E-state index in [-0.39, 0.29) is 5.95 Å². The SMILES string of the molecule is Cc1nc(-c2nc(N)nc3c2nnn3Cc2cccc(N)c2)sc1C. The maximum absolute atomic E-state index is 5.92. The lowest BCUT2D eigenvalue weighted by molar-refractivity contribution is 0.664. The second-order valence-electron chi connectivity index (χ2n) is 5.76. The van der Waals surface area contributed by atoms with Crippen molar-refractivity contribution in [3.8, 4) is 10.7 Å². The highest BCUT2D eigenvalue weighted by molar-refractivity contribution is 7.15. The van der Waals surface area contributed by atoms with E-state index in [0.29, 0.717) is 29.1 Å². The summed E-state index contributed by atoms with van der Waals surface area (Å²) >= 11 is 1.56. The topological polar surface area (TPSA) is 121 Å². The third kappa shape index (κ3) is 2.78. The number of hydrogen-bond acceptors (Lipinski definition) is 8. The predicted molar refractivity (Wildman–Crippen MR) is 98.1 cm³/mol. The molecular formula is C16H16N8S. The van der Waals surface area contributed by atoms with E-state index in [1.54, 1.807) is 16.0 Å². The van der Waals surface area contributed by atoms with E-state index in [4.69, 9.17) is 11.5 Å². The van der Waals surface area contributed by atoms with Crippen molar-refractivity contribution in [1.82, 2.24) is 29.9 Å². The van der Waals surface area contributed by atoms with Gasteiger partial charge in [0, 0.05) is 10.6 Å². The molecule has 0 fully saturated rings. The summed E-state index contributed by atoms with van der Waals surface area (Å²) in [6.45, 7) is 4.48. The van der Waals surface area contributed by atoms with Crippen LogP contribution in [0.1, 0.15) is 16.1 Å². The van der Waals surface area contributed by atoms with Crippen LogP contribution in [0.15, 0.2) is 24.3 Å². The van der Waals surface area contributed by atoms with Crippen molar-refractivity contribution in [2.45, 2.75) is 20.4 Å². The Balaban J connectivity index is 1.83. The van der Waals surface area contributed by atoms with Gasteiger partial charge in [-0.1, -0.05) is 17.3 Å². The number of anilines is 2. The highest BCUT2D eigenvalue weighted by Crippen LogP contribution is 2.30. The summed E-state index contributed by atoms with van der Waals surface area (Å²) in [6.07, 6.45) is 0. The Morgan fingerprint density at radius 2 is 1.96 bits per heavy atom. The van der Waals surface area contributed by atoms with Crippen molar-refractivity contribution in [2.75, 3.05) is 11.5 Å². The van der Waals surface area contributed by atoms with Gasteiger partial charge < -0.3 is 11.5 Å². The van der Waals surface area contributed by atoms with Crippen LogP contribution in [0.5, 0.6) is 0 Å². The average molecular weight is 352 g/mol. The first kappa shape index (κ1) is 15.5. The Hall–Kier alpha value is -3.07. The Kier molecular flexibility index (Phi) is 3.57. The number of aromatic nitrogens is 6. The van der Waals surface area contributed by atoms with Gasteiger partial charge in [0.1, 0.15) is 10.7 Å². The van der Waals surface area contributed by atoms with Gasteiger partial charge >= 0.3 is 0 Å². The minimum atomic E-state index is 0.170. The molecule has 4 rings (SSSR count). The Morgan fingerprint density at radius 1 is 1.12 bits per heavy atom. The maximum Gasteiger partial charge on any atom is 0.222 e. The van der Waals surface area contributed by atoms with Gasteiger partial charge in [0.25, 0.3) is 0 Å². The van der Waals surface area contributed by atoms with Crippen molar-refractivity contribution in [3.63, 3.8) is 0 Å². The van der Waals surface area contributed by atoms with Gasteiger partial charge in [-0.25, -0.2) is 14.6 Å². The van der Waals surface area contributed by atoms with E-state index in [1.165, 1.54) is 0 Å². The molecule has 0 radical (unpaired) electrons. The number of aryl methyl sites for hydroxylation is 2. The molecule has 3 heterocycles. The van der Waals surface area contributed by atoms with E-state index in [0.717, 1.165) is 21.1 Å². The monoisotopic (exact) mass is 352 g/mol. The number of nitrogens with zero attached hydrogens (tertiary/aromatic N) is 6. The highest BCUT2D eigenvalue weighted by Gasteiger charge is 2.18. The summed E-state index contributed by atoms with van der Waals surface area (Å²) in [5.74, 6) is 0.170. The molecule has 126 valence electrons. The average Bonchev–Trinajstić information content (AvgIpc) is 3.11. The van der Waals surface area contributed by atoms with E-state index in [1.807, 2.05) is 38.1 Å². The van der Waals surface area contributed by atoms with Gasteiger partial charge in [-0.05, 0) is 31.5 Å². The molecule has 25 heavy (non-hydrogen) atoms. The summed E-state index contributed by atoms with van der Waals surface area (Å²) in [5.41, 5.74) is 16.2. The number of fused-ring (bicyclic) bond motifs is 1.